The Balaban J connectivity index is 1.96. The molecule has 1 aliphatic rings. The Morgan fingerprint density at radius 3 is 2.63 bits per heavy atom. The first-order valence-corrected chi connectivity index (χ1v) is 7.65. The number of nitrogens with two attached hydrogens (primary N) is 1. The monoisotopic (exact) mass is 260 g/mol. The van der Waals surface area contributed by atoms with Gasteiger partial charge in [0.2, 0.25) is 0 Å². The lowest BCUT2D eigenvalue weighted by atomic mass is 9.78. The highest BCUT2D eigenvalue weighted by Crippen LogP contribution is 2.32. The van der Waals surface area contributed by atoms with Crippen molar-refractivity contribution in [2.24, 2.45) is 17.6 Å². The van der Waals surface area contributed by atoms with Gasteiger partial charge in [-0.05, 0) is 37.3 Å². The first-order chi connectivity index (χ1) is 9.20. The third-order valence-electron chi connectivity index (χ3n) is 4.60. The second kappa shape index (κ2) is 7.06. The maximum Gasteiger partial charge on any atom is 0.0247 e. The molecule has 0 aromatic heterocycles. The van der Waals surface area contributed by atoms with Gasteiger partial charge in [-0.15, -0.1) is 0 Å². The number of likely N-dealkylation sites (N-methyl/N-ethyl adjacent to an activating group) is 1. The third kappa shape index (κ3) is 4.05. The maximum absolute atomic E-state index is 6.06. The summed E-state index contributed by atoms with van der Waals surface area (Å²) in [5.74, 6) is 1.65. The first kappa shape index (κ1) is 14.5. The molecule has 106 valence electrons. The largest absolute Gasteiger partial charge is 0.329 e. The van der Waals surface area contributed by atoms with Crippen LogP contribution in [0.4, 0.5) is 0 Å². The van der Waals surface area contributed by atoms with E-state index < -0.39 is 0 Å². The highest BCUT2D eigenvalue weighted by Gasteiger charge is 2.28. The van der Waals surface area contributed by atoms with E-state index in [1.807, 2.05) is 0 Å². The summed E-state index contributed by atoms with van der Waals surface area (Å²) >= 11 is 0. The van der Waals surface area contributed by atoms with Gasteiger partial charge in [0.05, 0.1) is 0 Å². The molecular formula is C17H28N2. The zero-order chi connectivity index (χ0) is 13.7. The van der Waals surface area contributed by atoms with Crippen LogP contribution in [0.25, 0.3) is 0 Å². The fourth-order valence-corrected chi connectivity index (χ4v) is 3.55. The molecule has 0 bridgehead atoms. The van der Waals surface area contributed by atoms with Crippen LogP contribution in [0.15, 0.2) is 30.3 Å². The molecule has 0 heterocycles. The van der Waals surface area contributed by atoms with Crippen LogP contribution in [0.5, 0.6) is 0 Å². The predicted molar refractivity (Wildman–Crippen MR) is 81.9 cm³/mol. The van der Waals surface area contributed by atoms with Crippen molar-refractivity contribution >= 4 is 0 Å². The number of benzene rings is 1. The first-order valence-electron chi connectivity index (χ1n) is 7.65. The van der Waals surface area contributed by atoms with Gasteiger partial charge in [0.25, 0.3) is 0 Å². The normalized spacial score (nSPS) is 25.5. The topological polar surface area (TPSA) is 29.3 Å². The molecule has 19 heavy (non-hydrogen) atoms. The Hall–Kier alpha value is -0.860. The van der Waals surface area contributed by atoms with E-state index in [0.717, 1.165) is 24.9 Å². The average molecular weight is 260 g/mol. The van der Waals surface area contributed by atoms with E-state index in [4.69, 9.17) is 5.73 Å². The van der Waals surface area contributed by atoms with Crippen molar-refractivity contribution < 1.29 is 0 Å². The van der Waals surface area contributed by atoms with Crippen molar-refractivity contribution in [1.82, 2.24) is 4.90 Å². The summed E-state index contributed by atoms with van der Waals surface area (Å²) in [4.78, 5) is 2.46. The zero-order valence-electron chi connectivity index (χ0n) is 12.4. The molecule has 2 nitrogen and oxygen atoms in total. The molecule has 1 aromatic rings. The van der Waals surface area contributed by atoms with E-state index in [1.165, 1.54) is 31.2 Å². The van der Waals surface area contributed by atoms with Crippen LogP contribution in [0.1, 0.15) is 38.2 Å². The average Bonchev–Trinajstić information content (AvgIpc) is 2.41. The van der Waals surface area contributed by atoms with Gasteiger partial charge in [-0.1, -0.05) is 50.1 Å². The van der Waals surface area contributed by atoms with E-state index in [-0.39, 0.29) is 0 Å². The molecule has 2 rings (SSSR count). The fraction of sp³-hybridized carbons (Fsp3) is 0.647. The number of hydrogen-bond donors (Lipinski definition) is 1. The van der Waals surface area contributed by atoms with Gasteiger partial charge >= 0.3 is 0 Å². The minimum atomic E-state index is 0.531. The standard InChI is InChI=1S/C17H28N2/c1-14-7-6-10-16(11-14)17(12-18)19(2)13-15-8-4-3-5-9-15/h3-5,8-9,14,16-17H,6-7,10-13,18H2,1-2H3. The number of hydrogen-bond acceptors (Lipinski definition) is 2. The van der Waals surface area contributed by atoms with Crippen LogP contribution in [0, 0.1) is 11.8 Å². The predicted octanol–water partition coefficient (Wildman–Crippen LogP) is 3.27. The van der Waals surface area contributed by atoms with Crippen LogP contribution in [-0.2, 0) is 6.54 Å². The Morgan fingerprint density at radius 1 is 1.26 bits per heavy atom. The summed E-state index contributed by atoms with van der Waals surface area (Å²) in [6.07, 6.45) is 5.48. The third-order valence-corrected chi connectivity index (χ3v) is 4.60. The van der Waals surface area contributed by atoms with Gasteiger partial charge in [0.15, 0.2) is 0 Å². The lowest BCUT2D eigenvalue weighted by Crippen LogP contribution is -2.44. The van der Waals surface area contributed by atoms with E-state index >= 15 is 0 Å². The van der Waals surface area contributed by atoms with Gasteiger partial charge in [-0.25, -0.2) is 0 Å². The molecule has 1 saturated carbocycles. The van der Waals surface area contributed by atoms with Crippen LogP contribution < -0.4 is 5.73 Å². The molecule has 1 aliphatic carbocycles. The maximum atomic E-state index is 6.06. The fourth-order valence-electron chi connectivity index (χ4n) is 3.55. The summed E-state index contributed by atoms with van der Waals surface area (Å²) in [6, 6.07) is 11.2. The molecule has 1 fully saturated rings. The lowest BCUT2D eigenvalue weighted by molar-refractivity contribution is 0.125. The van der Waals surface area contributed by atoms with Gasteiger partial charge < -0.3 is 5.73 Å². The molecule has 1 aromatic carbocycles. The minimum Gasteiger partial charge on any atom is -0.329 e. The molecule has 2 heteroatoms. The Labute approximate surface area is 118 Å². The minimum absolute atomic E-state index is 0.531. The van der Waals surface area contributed by atoms with Crippen LogP contribution in [-0.4, -0.2) is 24.5 Å². The van der Waals surface area contributed by atoms with Crippen molar-refractivity contribution in [3.05, 3.63) is 35.9 Å². The molecule has 0 spiro atoms. The van der Waals surface area contributed by atoms with Crippen LogP contribution >= 0.6 is 0 Å². The van der Waals surface area contributed by atoms with Crippen LogP contribution in [0.3, 0.4) is 0 Å². The summed E-state index contributed by atoms with van der Waals surface area (Å²) in [5.41, 5.74) is 7.44. The van der Waals surface area contributed by atoms with E-state index in [2.05, 4.69) is 49.2 Å². The molecule has 3 unspecified atom stereocenters. The van der Waals surface area contributed by atoms with Gasteiger partial charge in [-0.2, -0.15) is 0 Å². The Bertz CT molecular complexity index is 363. The van der Waals surface area contributed by atoms with Gasteiger partial charge in [0, 0.05) is 19.1 Å². The van der Waals surface area contributed by atoms with Crippen molar-refractivity contribution in [2.75, 3.05) is 13.6 Å². The quantitative estimate of drug-likeness (QED) is 0.880. The van der Waals surface area contributed by atoms with E-state index in [0.29, 0.717) is 6.04 Å². The molecule has 2 N–H and O–H groups in total. The van der Waals surface area contributed by atoms with Crippen molar-refractivity contribution in [3.63, 3.8) is 0 Å². The highest BCUT2D eigenvalue weighted by atomic mass is 15.1. The second-order valence-electron chi connectivity index (χ2n) is 6.24. The Morgan fingerprint density at radius 2 is 2.00 bits per heavy atom. The summed E-state index contributed by atoms with van der Waals surface area (Å²) in [7, 11) is 2.23. The van der Waals surface area contributed by atoms with Crippen molar-refractivity contribution in [2.45, 2.75) is 45.2 Å². The van der Waals surface area contributed by atoms with E-state index in [1.54, 1.807) is 0 Å². The smallest absolute Gasteiger partial charge is 0.0247 e. The van der Waals surface area contributed by atoms with Crippen molar-refractivity contribution in [3.8, 4) is 0 Å². The summed E-state index contributed by atoms with van der Waals surface area (Å²) in [6.45, 7) is 4.17. The molecule has 0 saturated heterocycles. The SMILES string of the molecule is CC1CCCC(C(CN)N(C)Cc2ccccc2)C1. The van der Waals surface area contributed by atoms with Crippen LogP contribution in [0.2, 0.25) is 0 Å². The van der Waals surface area contributed by atoms with Crippen molar-refractivity contribution in [1.29, 1.82) is 0 Å². The molecule has 0 radical (unpaired) electrons. The molecular weight excluding hydrogens is 232 g/mol. The van der Waals surface area contributed by atoms with Gasteiger partial charge in [0.1, 0.15) is 0 Å². The number of nitrogens with zero attached hydrogens (tertiary/aromatic N) is 1. The highest BCUT2D eigenvalue weighted by molar-refractivity contribution is 5.14. The van der Waals surface area contributed by atoms with Gasteiger partial charge in [-0.3, -0.25) is 4.90 Å². The second-order valence-corrected chi connectivity index (χ2v) is 6.24. The molecule has 0 amide bonds. The van der Waals surface area contributed by atoms with E-state index in [9.17, 15) is 0 Å². The number of rotatable bonds is 5. The lowest BCUT2D eigenvalue weighted by Gasteiger charge is -2.38. The molecule has 3 atom stereocenters. The summed E-state index contributed by atoms with van der Waals surface area (Å²) in [5, 5.41) is 0. The Kier molecular flexibility index (Phi) is 5.41. The zero-order valence-corrected chi connectivity index (χ0v) is 12.4. The molecule has 0 aliphatic heterocycles. The summed E-state index contributed by atoms with van der Waals surface area (Å²) < 4.78 is 0.